The third kappa shape index (κ3) is 1.72. The molecule has 0 unspecified atom stereocenters. The van der Waals surface area contributed by atoms with E-state index in [4.69, 9.17) is 0 Å². The van der Waals surface area contributed by atoms with Crippen molar-refractivity contribution in [2.45, 2.75) is 13.3 Å². The number of carbonyl (C=O) groups excluding carboxylic acids is 1. The van der Waals surface area contributed by atoms with Crippen molar-refractivity contribution >= 4 is 33.8 Å². The molecule has 0 aliphatic carbocycles. The van der Waals surface area contributed by atoms with E-state index in [0.29, 0.717) is 16.8 Å². The SMILES string of the molecule is CCc1nc2ccc(Br)nn2c1NC=O. The van der Waals surface area contributed by atoms with Gasteiger partial charge in [-0.3, -0.25) is 4.79 Å². The van der Waals surface area contributed by atoms with Crippen LogP contribution in [-0.4, -0.2) is 21.0 Å². The Kier molecular flexibility index (Phi) is 2.68. The van der Waals surface area contributed by atoms with Crippen molar-refractivity contribution in [1.82, 2.24) is 14.6 Å². The average Bonchev–Trinajstić information content (AvgIpc) is 2.57. The van der Waals surface area contributed by atoms with Crippen molar-refractivity contribution < 1.29 is 4.79 Å². The maximum Gasteiger partial charge on any atom is 0.212 e. The highest BCUT2D eigenvalue weighted by atomic mass is 79.9. The van der Waals surface area contributed by atoms with Gasteiger partial charge in [0, 0.05) is 0 Å². The summed E-state index contributed by atoms with van der Waals surface area (Å²) in [6, 6.07) is 3.65. The summed E-state index contributed by atoms with van der Waals surface area (Å²) >= 11 is 3.27. The molecule has 2 aromatic rings. The third-order valence-corrected chi connectivity index (χ3v) is 2.47. The fraction of sp³-hybridized carbons (Fsp3) is 0.222. The molecular formula is C9H9BrN4O. The van der Waals surface area contributed by atoms with Crippen LogP contribution in [0.5, 0.6) is 0 Å². The molecule has 0 bridgehead atoms. The van der Waals surface area contributed by atoms with E-state index in [0.717, 1.165) is 17.8 Å². The number of hydrogen-bond acceptors (Lipinski definition) is 3. The number of fused-ring (bicyclic) bond motifs is 1. The maximum atomic E-state index is 10.5. The van der Waals surface area contributed by atoms with Crippen LogP contribution >= 0.6 is 15.9 Å². The number of amides is 1. The fourth-order valence-corrected chi connectivity index (χ4v) is 1.69. The first-order chi connectivity index (χ1) is 7.26. The molecule has 5 nitrogen and oxygen atoms in total. The normalized spacial score (nSPS) is 10.5. The lowest BCUT2D eigenvalue weighted by molar-refractivity contribution is -0.105. The van der Waals surface area contributed by atoms with Gasteiger partial charge in [-0.25, -0.2) is 4.98 Å². The van der Waals surface area contributed by atoms with Gasteiger partial charge in [-0.05, 0) is 34.5 Å². The van der Waals surface area contributed by atoms with E-state index in [-0.39, 0.29) is 0 Å². The highest BCUT2D eigenvalue weighted by Crippen LogP contribution is 2.18. The number of aromatic nitrogens is 3. The van der Waals surface area contributed by atoms with Crippen molar-refractivity contribution in [3.63, 3.8) is 0 Å². The maximum absolute atomic E-state index is 10.5. The second-order valence-corrected chi connectivity index (χ2v) is 3.76. The summed E-state index contributed by atoms with van der Waals surface area (Å²) in [6.45, 7) is 1.98. The minimum atomic E-state index is 0.629. The molecule has 0 atom stereocenters. The Morgan fingerprint density at radius 2 is 2.40 bits per heavy atom. The number of nitrogens with one attached hydrogen (secondary N) is 1. The summed E-state index contributed by atoms with van der Waals surface area (Å²) in [6.07, 6.45) is 1.38. The Hall–Kier alpha value is -1.43. The molecule has 2 aromatic heterocycles. The number of imidazole rings is 1. The molecule has 78 valence electrons. The smallest absolute Gasteiger partial charge is 0.212 e. The highest BCUT2D eigenvalue weighted by Gasteiger charge is 2.10. The summed E-state index contributed by atoms with van der Waals surface area (Å²) < 4.78 is 2.31. The van der Waals surface area contributed by atoms with Gasteiger partial charge in [0.25, 0.3) is 0 Å². The average molecular weight is 269 g/mol. The summed E-state index contributed by atoms with van der Waals surface area (Å²) in [5.41, 5.74) is 1.55. The number of nitrogens with zero attached hydrogens (tertiary/aromatic N) is 3. The van der Waals surface area contributed by atoms with Crippen LogP contribution in [-0.2, 0) is 11.2 Å². The van der Waals surface area contributed by atoms with Crippen molar-refractivity contribution in [2.75, 3.05) is 5.32 Å². The lowest BCUT2D eigenvalue weighted by atomic mass is 10.3. The largest absolute Gasteiger partial charge is 0.312 e. The molecule has 2 heterocycles. The molecule has 0 spiro atoms. The second kappa shape index (κ2) is 3.98. The van der Waals surface area contributed by atoms with Gasteiger partial charge in [0.1, 0.15) is 4.60 Å². The van der Waals surface area contributed by atoms with Crippen LogP contribution in [0, 0.1) is 0 Å². The monoisotopic (exact) mass is 268 g/mol. The van der Waals surface area contributed by atoms with E-state index < -0.39 is 0 Å². The van der Waals surface area contributed by atoms with Crippen LogP contribution < -0.4 is 5.32 Å². The summed E-state index contributed by atoms with van der Waals surface area (Å²) in [7, 11) is 0. The first-order valence-electron chi connectivity index (χ1n) is 4.50. The predicted molar refractivity (Wildman–Crippen MR) is 59.8 cm³/mol. The third-order valence-electron chi connectivity index (χ3n) is 2.05. The molecule has 1 N–H and O–H groups in total. The molecule has 2 rings (SSSR count). The zero-order valence-corrected chi connectivity index (χ0v) is 9.65. The zero-order chi connectivity index (χ0) is 10.8. The lowest BCUT2D eigenvalue weighted by Gasteiger charge is -1.99. The Bertz CT molecular complexity index is 508. The van der Waals surface area contributed by atoms with E-state index >= 15 is 0 Å². The van der Waals surface area contributed by atoms with E-state index in [2.05, 4.69) is 31.3 Å². The molecule has 6 heteroatoms. The van der Waals surface area contributed by atoms with Crippen molar-refractivity contribution in [2.24, 2.45) is 0 Å². The summed E-state index contributed by atoms with van der Waals surface area (Å²) in [5, 5.41) is 6.83. The minimum absolute atomic E-state index is 0.629. The first kappa shape index (κ1) is 10.1. The molecule has 1 amide bonds. The molecular weight excluding hydrogens is 260 g/mol. The van der Waals surface area contributed by atoms with E-state index in [1.54, 1.807) is 4.52 Å². The Morgan fingerprint density at radius 1 is 1.60 bits per heavy atom. The molecule has 0 fully saturated rings. The van der Waals surface area contributed by atoms with Gasteiger partial charge in [0.15, 0.2) is 11.5 Å². The van der Waals surface area contributed by atoms with E-state index in [1.165, 1.54) is 0 Å². The van der Waals surface area contributed by atoms with Crippen LogP contribution in [0.25, 0.3) is 5.65 Å². The number of hydrogen-bond donors (Lipinski definition) is 1. The molecule has 15 heavy (non-hydrogen) atoms. The Morgan fingerprint density at radius 3 is 3.07 bits per heavy atom. The molecule has 0 radical (unpaired) electrons. The standard InChI is InChI=1S/C9H9BrN4O/c1-2-6-9(11-5-15)14-8(12-6)4-3-7(10)13-14/h3-5H,2H2,1H3,(H,11,15). The van der Waals surface area contributed by atoms with Gasteiger partial charge in [-0.15, -0.1) is 0 Å². The van der Waals surface area contributed by atoms with E-state index in [1.807, 2.05) is 19.1 Å². The molecule has 0 aliphatic heterocycles. The zero-order valence-electron chi connectivity index (χ0n) is 8.07. The van der Waals surface area contributed by atoms with E-state index in [9.17, 15) is 4.79 Å². The number of aryl methyl sites for hydroxylation is 1. The Balaban J connectivity index is 2.70. The Labute approximate surface area is 94.6 Å². The van der Waals surface area contributed by atoms with Gasteiger partial charge in [-0.1, -0.05) is 6.92 Å². The second-order valence-electron chi connectivity index (χ2n) is 2.95. The molecule has 0 saturated heterocycles. The topological polar surface area (TPSA) is 59.3 Å². The van der Waals surface area contributed by atoms with Crippen molar-refractivity contribution in [1.29, 1.82) is 0 Å². The van der Waals surface area contributed by atoms with Crippen molar-refractivity contribution in [3.05, 3.63) is 22.4 Å². The predicted octanol–water partition coefficient (Wildman–Crippen LogP) is 1.62. The van der Waals surface area contributed by atoms with Crippen LogP contribution in [0.2, 0.25) is 0 Å². The van der Waals surface area contributed by atoms with Crippen LogP contribution in [0.1, 0.15) is 12.6 Å². The highest BCUT2D eigenvalue weighted by molar-refractivity contribution is 9.10. The summed E-state index contributed by atoms with van der Waals surface area (Å²) in [4.78, 5) is 14.8. The summed E-state index contributed by atoms with van der Waals surface area (Å²) in [5.74, 6) is 0.629. The number of halogens is 1. The number of anilines is 1. The van der Waals surface area contributed by atoms with Gasteiger partial charge in [0.2, 0.25) is 6.41 Å². The fourth-order valence-electron chi connectivity index (χ4n) is 1.40. The van der Waals surface area contributed by atoms with Crippen molar-refractivity contribution in [3.8, 4) is 0 Å². The molecule has 0 aliphatic rings. The van der Waals surface area contributed by atoms with Crippen LogP contribution in [0.15, 0.2) is 16.7 Å². The number of carbonyl (C=O) groups is 1. The van der Waals surface area contributed by atoms with Crippen LogP contribution in [0.3, 0.4) is 0 Å². The van der Waals surface area contributed by atoms with Gasteiger partial charge >= 0.3 is 0 Å². The quantitative estimate of drug-likeness (QED) is 0.861. The molecule has 0 saturated carbocycles. The lowest BCUT2D eigenvalue weighted by Crippen LogP contribution is -2.03. The molecule has 0 aromatic carbocycles. The van der Waals surface area contributed by atoms with Gasteiger partial charge in [0.05, 0.1) is 5.69 Å². The minimum Gasteiger partial charge on any atom is -0.312 e. The first-order valence-corrected chi connectivity index (χ1v) is 5.30. The van der Waals surface area contributed by atoms with Crippen LogP contribution in [0.4, 0.5) is 5.82 Å². The number of rotatable bonds is 3. The van der Waals surface area contributed by atoms with Gasteiger partial charge in [-0.2, -0.15) is 9.61 Å². The van der Waals surface area contributed by atoms with Gasteiger partial charge < -0.3 is 5.32 Å².